The van der Waals surface area contributed by atoms with E-state index in [1.165, 1.54) is 50.5 Å². The summed E-state index contributed by atoms with van der Waals surface area (Å²) < 4.78 is 11.3. The number of carbonyl (C=O) groups excluding carboxylic acids is 1. The van der Waals surface area contributed by atoms with Crippen LogP contribution >= 0.6 is 0 Å². The molecule has 5 nitrogen and oxygen atoms in total. The van der Waals surface area contributed by atoms with E-state index in [-0.39, 0.29) is 12.1 Å². The molecule has 3 aromatic rings. The number of fused-ring (bicyclic) bond motifs is 2. The third kappa shape index (κ3) is 5.31. The fourth-order valence-corrected chi connectivity index (χ4v) is 7.75. The predicted molar refractivity (Wildman–Crippen MR) is 162 cm³/mol. The Balaban J connectivity index is 1.03. The van der Waals surface area contributed by atoms with Crippen LogP contribution in [0.2, 0.25) is 0 Å². The lowest BCUT2D eigenvalue weighted by Gasteiger charge is -2.47. The molecule has 0 spiro atoms. The summed E-state index contributed by atoms with van der Waals surface area (Å²) in [6.07, 6.45) is 7.13. The molecule has 6 rings (SSSR count). The largest absolute Gasteiger partial charge is 0.487 e. The Hall–Kier alpha value is -3.47. The number of ether oxygens (including phenoxy) is 2. The van der Waals surface area contributed by atoms with Gasteiger partial charge in [-0.15, -0.1) is 0 Å². The van der Waals surface area contributed by atoms with E-state index in [1.54, 1.807) is 6.07 Å². The number of benzene rings is 3. The first kappa shape index (κ1) is 26.7. The zero-order valence-corrected chi connectivity index (χ0v) is 24.3. The summed E-state index contributed by atoms with van der Waals surface area (Å²) >= 11 is 0. The molecule has 1 heterocycles. The highest BCUT2D eigenvalue weighted by molar-refractivity contribution is 5.96. The summed E-state index contributed by atoms with van der Waals surface area (Å²) in [6.45, 7) is 6.68. The van der Waals surface area contributed by atoms with Gasteiger partial charge in [0.2, 0.25) is 0 Å². The number of rotatable bonds is 7. The van der Waals surface area contributed by atoms with Crippen LogP contribution in [0.3, 0.4) is 0 Å². The van der Waals surface area contributed by atoms with Crippen molar-refractivity contribution in [1.82, 2.24) is 0 Å². The van der Waals surface area contributed by atoms with Gasteiger partial charge in [0.15, 0.2) is 0 Å². The van der Waals surface area contributed by atoms with Crippen molar-refractivity contribution in [3.63, 3.8) is 0 Å². The first-order valence-electron chi connectivity index (χ1n) is 14.8. The van der Waals surface area contributed by atoms with E-state index in [4.69, 9.17) is 9.47 Å². The second-order valence-electron chi connectivity index (χ2n) is 12.8. The molecule has 3 aliphatic rings. The van der Waals surface area contributed by atoms with Crippen molar-refractivity contribution < 1.29 is 14.3 Å². The van der Waals surface area contributed by atoms with E-state index in [1.807, 2.05) is 30.1 Å². The van der Waals surface area contributed by atoms with Crippen LogP contribution in [-0.2, 0) is 10.2 Å². The van der Waals surface area contributed by atoms with E-state index in [0.29, 0.717) is 11.0 Å². The maximum absolute atomic E-state index is 12.2. The first-order chi connectivity index (χ1) is 19.3. The minimum absolute atomic E-state index is 0.200. The van der Waals surface area contributed by atoms with Crippen molar-refractivity contribution in [2.45, 2.75) is 57.5 Å². The Kier molecular flexibility index (Phi) is 7.24. The molecular formula is C35H42N2O3. The number of hydrogen-bond acceptors (Lipinski definition) is 5. The average Bonchev–Trinajstić information content (AvgIpc) is 2.93. The number of nitrogens with zero attached hydrogens (tertiary/aromatic N) is 2. The van der Waals surface area contributed by atoms with Crippen molar-refractivity contribution in [2.75, 3.05) is 37.0 Å². The second-order valence-corrected chi connectivity index (χ2v) is 12.8. The van der Waals surface area contributed by atoms with Gasteiger partial charge in [-0.05, 0) is 109 Å². The highest BCUT2D eigenvalue weighted by Gasteiger charge is 2.41. The maximum Gasteiger partial charge on any atom is 0.339 e. The molecule has 5 heteroatoms. The zero-order valence-electron chi connectivity index (χ0n) is 24.3. The minimum Gasteiger partial charge on any atom is -0.487 e. The van der Waals surface area contributed by atoms with Crippen LogP contribution in [0.4, 0.5) is 17.1 Å². The molecule has 2 aliphatic carbocycles. The quantitative estimate of drug-likeness (QED) is 0.290. The van der Waals surface area contributed by atoms with Crippen LogP contribution in [0, 0.1) is 17.8 Å². The summed E-state index contributed by atoms with van der Waals surface area (Å²) in [4.78, 5) is 16.6. The van der Waals surface area contributed by atoms with E-state index in [9.17, 15) is 4.79 Å². The molecule has 3 aromatic carbocycles. The molecule has 0 amide bonds. The molecular weight excluding hydrogens is 496 g/mol. The lowest BCUT2D eigenvalue weighted by Crippen LogP contribution is -2.54. The monoisotopic (exact) mass is 538 g/mol. The van der Waals surface area contributed by atoms with Gasteiger partial charge in [-0.3, -0.25) is 0 Å². The Morgan fingerprint density at radius 1 is 0.900 bits per heavy atom. The van der Waals surface area contributed by atoms with Crippen molar-refractivity contribution in [3.05, 3.63) is 83.9 Å². The molecule has 2 unspecified atom stereocenters. The van der Waals surface area contributed by atoms with Crippen LogP contribution in [-0.4, -0.2) is 39.3 Å². The lowest BCUT2D eigenvalue weighted by atomic mass is 9.58. The second kappa shape index (κ2) is 10.8. The molecule has 0 radical (unpaired) electrons. The van der Waals surface area contributed by atoms with Gasteiger partial charge >= 0.3 is 5.97 Å². The van der Waals surface area contributed by atoms with Gasteiger partial charge in [0.1, 0.15) is 11.9 Å². The Morgan fingerprint density at radius 2 is 1.55 bits per heavy atom. The maximum atomic E-state index is 12.2. The summed E-state index contributed by atoms with van der Waals surface area (Å²) in [7, 11) is 3.38. The van der Waals surface area contributed by atoms with Crippen molar-refractivity contribution >= 4 is 23.0 Å². The summed E-state index contributed by atoms with van der Waals surface area (Å²) in [5.41, 5.74) is 5.36. The van der Waals surface area contributed by atoms with Crippen molar-refractivity contribution in [2.24, 2.45) is 17.8 Å². The molecule has 210 valence electrons. The number of anilines is 3. The third-order valence-electron chi connectivity index (χ3n) is 9.59. The zero-order chi connectivity index (χ0) is 27.9. The van der Waals surface area contributed by atoms with Gasteiger partial charge in [0.05, 0.1) is 31.5 Å². The number of carbonyl (C=O) groups is 1. The van der Waals surface area contributed by atoms with Gasteiger partial charge in [-0.2, -0.15) is 0 Å². The SMILES string of the molecule is COC(=O)c1ccccc1N(C)c1ccc(N2CC(Oc3ccc(C4(C)CC5CC(C)CC(C5)C4)cc3)C2)cc1. The van der Waals surface area contributed by atoms with Gasteiger partial charge in [-0.25, -0.2) is 4.79 Å². The molecule has 0 N–H and O–H groups in total. The number of para-hydroxylation sites is 1. The van der Waals surface area contributed by atoms with Gasteiger partial charge in [-0.1, -0.05) is 38.1 Å². The normalized spacial score (nSPS) is 26.1. The van der Waals surface area contributed by atoms with Crippen LogP contribution < -0.4 is 14.5 Å². The molecule has 2 bridgehead atoms. The highest BCUT2D eigenvalue weighted by Crippen LogP contribution is 2.51. The average molecular weight is 539 g/mol. The van der Waals surface area contributed by atoms with Crippen LogP contribution in [0.25, 0.3) is 0 Å². The van der Waals surface area contributed by atoms with E-state index >= 15 is 0 Å². The summed E-state index contributed by atoms with van der Waals surface area (Å²) in [6, 6.07) is 25.0. The highest BCUT2D eigenvalue weighted by atomic mass is 16.5. The topological polar surface area (TPSA) is 42.0 Å². The molecule has 2 atom stereocenters. The molecule has 0 aromatic heterocycles. The molecule has 2 saturated carbocycles. The van der Waals surface area contributed by atoms with Crippen LogP contribution in [0.15, 0.2) is 72.8 Å². The summed E-state index contributed by atoms with van der Waals surface area (Å²) in [5.74, 6) is 3.34. The standard InChI is InChI=1S/C35H42N2O3/c1-24-17-25-19-26(18-24)21-35(2,20-25)27-9-15-30(16-10-27)40-31-22-37(23-31)29-13-11-28(12-14-29)36(3)33-8-6-5-7-32(33)34(38)39-4/h5-16,24-26,31H,17-23H2,1-4H3. The number of methoxy groups -OCH3 is 1. The molecule has 40 heavy (non-hydrogen) atoms. The lowest BCUT2D eigenvalue weighted by molar-refractivity contribution is 0.0601. The van der Waals surface area contributed by atoms with Gasteiger partial charge < -0.3 is 19.3 Å². The van der Waals surface area contributed by atoms with E-state index in [2.05, 4.69) is 67.3 Å². The Labute approximate surface area is 239 Å². The molecule has 1 aliphatic heterocycles. The van der Waals surface area contributed by atoms with E-state index < -0.39 is 0 Å². The predicted octanol–water partition coefficient (Wildman–Crippen LogP) is 7.61. The van der Waals surface area contributed by atoms with Gasteiger partial charge in [0, 0.05) is 18.4 Å². The smallest absolute Gasteiger partial charge is 0.339 e. The van der Waals surface area contributed by atoms with Crippen LogP contribution in [0.1, 0.15) is 61.9 Å². The Morgan fingerprint density at radius 3 is 2.20 bits per heavy atom. The van der Waals surface area contributed by atoms with Crippen LogP contribution in [0.5, 0.6) is 5.75 Å². The number of hydrogen-bond donors (Lipinski definition) is 0. The molecule has 3 fully saturated rings. The van der Waals surface area contributed by atoms with Crippen molar-refractivity contribution in [3.8, 4) is 5.75 Å². The van der Waals surface area contributed by atoms with Crippen molar-refractivity contribution in [1.29, 1.82) is 0 Å². The third-order valence-corrected chi connectivity index (χ3v) is 9.59. The minimum atomic E-state index is -0.333. The fourth-order valence-electron chi connectivity index (χ4n) is 7.75. The fraction of sp³-hybridized carbons (Fsp3) is 0.457. The molecule has 1 saturated heterocycles. The summed E-state index contributed by atoms with van der Waals surface area (Å²) in [5, 5.41) is 0. The van der Waals surface area contributed by atoms with E-state index in [0.717, 1.165) is 48.0 Å². The number of esters is 1. The first-order valence-corrected chi connectivity index (χ1v) is 14.8. The van der Waals surface area contributed by atoms with Gasteiger partial charge in [0.25, 0.3) is 0 Å². The Bertz CT molecular complexity index is 1310.